The zero-order valence-corrected chi connectivity index (χ0v) is 9.20. The lowest BCUT2D eigenvalue weighted by atomic mass is 10.1. The van der Waals surface area contributed by atoms with Gasteiger partial charge in [0.15, 0.2) is 9.84 Å². The van der Waals surface area contributed by atoms with Gasteiger partial charge in [-0.1, -0.05) is 6.92 Å². The molecule has 0 aromatic heterocycles. The van der Waals surface area contributed by atoms with Gasteiger partial charge in [-0.2, -0.15) is 0 Å². The lowest BCUT2D eigenvalue weighted by Gasteiger charge is -2.24. The third-order valence-electron chi connectivity index (χ3n) is 3.22. The Morgan fingerprint density at radius 2 is 2.07 bits per heavy atom. The van der Waals surface area contributed by atoms with E-state index < -0.39 is 15.9 Å². The van der Waals surface area contributed by atoms with E-state index >= 15 is 0 Å². The van der Waals surface area contributed by atoms with Gasteiger partial charge < -0.3 is 5.11 Å². The van der Waals surface area contributed by atoms with Crippen LogP contribution in [-0.4, -0.2) is 55.2 Å². The lowest BCUT2D eigenvalue weighted by molar-refractivity contribution is 0.0968. The average Bonchev–Trinajstić information content (AvgIpc) is 2.55. The van der Waals surface area contributed by atoms with E-state index in [-0.39, 0.29) is 17.5 Å². The molecule has 0 aromatic carbocycles. The molecule has 0 aromatic rings. The van der Waals surface area contributed by atoms with E-state index in [1.54, 1.807) is 0 Å². The van der Waals surface area contributed by atoms with Gasteiger partial charge >= 0.3 is 0 Å². The summed E-state index contributed by atoms with van der Waals surface area (Å²) < 4.78 is 22.6. The van der Waals surface area contributed by atoms with Gasteiger partial charge in [-0.15, -0.1) is 0 Å². The number of hydrogen-bond donors (Lipinski definition) is 1. The SMILES string of the molecule is CC1CCN(C2CS(=O)(=O)CC2O)C1. The van der Waals surface area contributed by atoms with Crippen molar-refractivity contribution in [1.29, 1.82) is 0 Å². The van der Waals surface area contributed by atoms with Crippen LogP contribution >= 0.6 is 0 Å². The highest BCUT2D eigenvalue weighted by atomic mass is 32.2. The first-order valence-corrected chi connectivity index (χ1v) is 6.92. The predicted octanol–water partition coefficient (Wildman–Crippen LogP) is -0.514. The predicted molar refractivity (Wildman–Crippen MR) is 53.8 cm³/mol. The number of aliphatic hydroxyl groups excluding tert-OH is 1. The maximum Gasteiger partial charge on any atom is 0.154 e. The Bertz CT molecular complexity index is 314. The van der Waals surface area contributed by atoms with Crippen LogP contribution in [0.2, 0.25) is 0 Å². The molecule has 0 aliphatic carbocycles. The van der Waals surface area contributed by atoms with Gasteiger partial charge in [-0.05, 0) is 18.9 Å². The largest absolute Gasteiger partial charge is 0.390 e. The van der Waals surface area contributed by atoms with Crippen LogP contribution in [0, 0.1) is 5.92 Å². The second-order valence-corrected chi connectivity index (χ2v) is 6.75. The van der Waals surface area contributed by atoms with Crippen LogP contribution in [0.15, 0.2) is 0 Å². The number of hydrogen-bond acceptors (Lipinski definition) is 4. The van der Waals surface area contributed by atoms with Crippen LogP contribution < -0.4 is 0 Å². The first-order chi connectivity index (χ1) is 6.48. The second-order valence-electron chi connectivity index (χ2n) is 4.60. The van der Waals surface area contributed by atoms with E-state index in [2.05, 4.69) is 11.8 Å². The van der Waals surface area contributed by atoms with Gasteiger partial charge in [-0.25, -0.2) is 8.42 Å². The number of likely N-dealkylation sites (tertiary alicyclic amines) is 1. The Hall–Kier alpha value is -0.130. The molecular formula is C9H17NO3S. The Labute approximate surface area is 84.8 Å². The summed E-state index contributed by atoms with van der Waals surface area (Å²) in [6.07, 6.45) is 0.439. The lowest BCUT2D eigenvalue weighted by Crippen LogP contribution is -2.41. The molecule has 3 atom stereocenters. The van der Waals surface area contributed by atoms with Crippen molar-refractivity contribution in [3.05, 3.63) is 0 Å². The van der Waals surface area contributed by atoms with E-state index in [0.29, 0.717) is 5.92 Å². The number of rotatable bonds is 1. The molecule has 3 unspecified atom stereocenters. The maximum absolute atomic E-state index is 11.3. The first-order valence-electron chi connectivity index (χ1n) is 5.10. The van der Waals surface area contributed by atoms with Crippen molar-refractivity contribution >= 4 is 9.84 Å². The zero-order valence-electron chi connectivity index (χ0n) is 8.39. The minimum Gasteiger partial charge on any atom is -0.390 e. The highest BCUT2D eigenvalue weighted by Crippen LogP contribution is 2.24. The number of aliphatic hydroxyl groups is 1. The fraction of sp³-hybridized carbons (Fsp3) is 1.00. The third kappa shape index (κ3) is 1.94. The fourth-order valence-corrected chi connectivity index (χ4v) is 4.26. The first kappa shape index (κ1) is 10.4. The van der Waals surface area contributed by atoms with Gasteiger partial charge in [0.25, 0.3) is 0 Å². The van der Waals surface area contributed by atoms with E-state index in [0.717, 1.165) is 19.5 Å². The molecule has 2 aliphatic heterocycles. The molecule has 14 heavy (non-hydrogen) atoms. The zero-order chi connectivity index (χ0) is 10.3. The second kappa shape index (κ2) is 3.47. The Morgan fingerprint density at radius 1 is 1.36 bits per heavy atom. The molecule has 2 rings (SSSR count). The Kier molecular flexibility index (Phi) is 2.57. The summed E-state index contributed by atoms with van der Waals surface area (Å²) in [5, 5.41) is 9.65. The minimum absolute atomic E-state index is 0.0530. The van der Waals surface area contributed by atoms with Crippen molar-refractivity contribution in [2.75, 3.05) is 24.6 Å². The van der Waals surface area contributed by atoms with Crippen molar-refractivity contribution < 1.29 is 13.5 Å². The molecule has 0 amide bonds. The van der Waals surface area contributed by atoms with Gasteiger partial charge in [0.1, 0.15) is 0 Å². The van der Waals surface area contributed by atoms with Crippen molar-refractivity contribution in [3.8, 4) is 0 Å². The molecule has 0 saturated carbocycles. The smallest absolute Gasteiger partial charge is 0.154 e. The highest BCUT2D eigenvalue weighted by molar-refractivity contribution is 7.91. The standard InChI is InChI=1S/C9H17NO3S/c1-7-2-3-10(4-7)8-5-14(12,13)6-9(8)11/h7-9,11H,2-6H2,1H3. The summed E-state index contributed by atoms with van der Waals surface area (Å²) in [6.45, 7) is 4.02. The molecule has 0 radical (unpaired) electrons. The van der Waals surface area contributed by atoms with Gasteiger partial charge in [0, 0.05) is 6.54 Å². The summed E-state index contributed by atoms with van der Waals surface area (Å²) in [7, 11) is -2.99. The van der Waals surface area contributed by atoms with Crippen molar-refractivity contribution in [2.24, 2.45) is 5.92 Å². The molecule has 2 fully saturated rings. The van der Waals surface area contributed by atoms with E-state index in [4.69, 9.17) is 0 Å². The molecule has 5 heteroatoms. The summed E-state index contributed by atoms with van der Waals surface area (Å²) in [6, 6.07) is -0.148. The third-order valence-corrected chi connectivity index (χ3v) is 4.92. The minimum atomic E-state index is -2.99. The summed E-state index contributed by atoms with van der Waals surface area (Å²) in [5.41, 5.74) is 0. The molecule has 0 bridgehead atoms. The number of sulfone groups is 1. The van der Waals surface area contributed by atoms with Crippen molar-refractivity contribution in [3.63, 3.8) is 0 Å². The van der Waals surface area contributed by atoms with Crippen LogP contribution in [0.1, 0.15) is 13.3 Å². The molecule has 82 valence electrons. The van der Waals surface area contributed by atoms with Crippen LogP contribution in [-0.2, 0) is 9.84 Å². The summed E-state index contributed by atoms with van der Waals surface area (Å²) in [4.78, 5) is 2.12. The van der Waals surface area contributed by atoms with E-state index in [9.17, 15) is 13.5 Å². The summed E-state index contributed by atoms with van der Waals surface area (Å²) >= 11 is 0. The highest BCUT2D eigenvalue weighted by Gasteiger charge is 2.41. The van der Waals surface area contributed by atoms with Crippen molar-refractivity contribution in [1.82, 2.24) is 4.90 Å². The van der Waals surface area contributed by atoms with Gasteiger partial charge in [0.05, 0.1) is 23.7 Å². The molecule has 0 spiro atoms. The summed E-state index contributed by atoms with van der Waals surface area (Å²) in [5.74, 6) is 0.717. The molecule has 1 N–H and O–H groups in total. The monoisotopic (exact) mass is 219 g/mol. The molecular weight excluding hydrogens is 202 g/mol. The average molecular weight is 219 g/mol. The van der Waals surface area contributed by atoms with Gasteiger partial charge in [0.2, 0.25) is 0 Å². The van der Waals surface area contributed by atoms with E-state index in [1.807, 2.05) is 0 Å². The maximum atomic E-state index is 11.3. The molecule has 4 nitrogen and oxygen atoms in total. The quantitative estimate of drug-likeness (QED) is 0.645. The van der Waals surface area contributed by atoms with Crippen molar-refractivity contribution in [2.45, 2.75) is 25.5 Å². The Balaban J connectivity index is 2.06. The molecule has 2 aliphatic rings. The van der Waals surface area contributed by atoms with Crippen LogP contribution in [0.25, 0.3) is 0 Å². The molecule has 2 heterocycles. The normalized spacial score (nSPS) is 43.1. The number of nitrogens with zero attached hydrogens (tertiary/aromatic N) is 1. The van der Waals surface area contributed by atoms with E-state index in [1.165, 1.54) is 0 Å². The van der Waals surface area contributed by atoms with Crippen LogP contribution in [0.3, 0.4) is 0 Å². The van der Waals surface area contributed by atoms with Crippen LogP contribution in [0.4, 0.5) is 0 Å². The molecule has 2 saturated heterocycles. The Morgan fingerprint density at radius 3 is 2.50 bits per heavy atom. The van der Waals surface area contributed by atoms with Crippen LogP contribution in [0.5, 0.6) is 0 Å². The topological polar surface area (TPSA) is 57.6 Å². The van der Waals surface area contributed by atoms with Gasteiger partial charge in [-0.3, -0.25) is 4.90 Å². The fourth-order valence-electron chi connectivity index (χ4n) is 2.43.